The van der Waals surface area contributed by atoms with Crippen LogP contribution >= 0.6 is 0 Å². The maximum Gasteiger partial charge on any atom is 0.0474 e. The van der Waals surface area contributed by atoms with Gasteiger partial charge in [0.25, 0.3) is 0 Å². The van der Waals surface area contributed by atoms with Crippen LogP contribution in [0.5, 0.6) is 0 Å². The van der Waals surface area contributed by atoms with Gasteiger partial charge in [-0.2, -0.15) is 0 Å². The molecule has 3 heteroatoms. The Morgan fingerprint density at radius 2 is 2.38 bits per heavy atom. The number of rotatable bonds is 4. The molecule has 1 atom stereocenters. The number of aliphatic hydroxyl groups excluding tert-OH is 1. The number of aryl methyl sites for hydroxylation is 1. The van der Waals surface area contributed by atoms with E-state index in [0.717, 1.165) is 6.42 Å². The van der Waals surface area contributed by atoms with Crippen LogP contribution in [0.2, 0.25) is 0 Å². The lowest BCUT2D eigenvalue weighted by molar-refractivity contribution is 0.229. The van der Waals surface area contributed by atoms with E-state index in [1.807, 2.05) is 19.2 Å². The summed E-state index contributed by atoms with van der Waals surface area (Å²) in [6.07, 6.45) is 4.43. The molecular formula is C10H16N2O. The van der Waals surface area contributed by atoms with Gasteiger partial charge < -0.3 is 10.8 Å². The van der Waals surface area contributed by atoms with Crippen LogP contribution in [0.25, 0.3) is 0 Å². The zero-order valence-electron chi connectivity index (χ0n) is 7.90. The predicted molar refractivity (Wildman–Crippen MR) is 52.3 cm³/mol. The molecule has 0 amide bonds. The molecule has 13 heavy (non-hydrogen) atoms. The van der Waals surface area contributed by atoms with Crippen molar-refractivity contribution in [1.29, 1.82) is 0 Å². The number of nitrogens with two attached hydrogens (primary N) is 1. The fourth-order valence-electron chi connectivity index (χ4n) is 1.24. The van der Waals surface area contributed by atoms with Crippen LogP contribution in [-0.2, 0) is 6.42 Å². The Balaban J connectivity index is 2.67. The SMILES string of the molecule is Cc1ccncc1CC(CN)CO. The van der Waals surface area contributed by atoms with Gasteiger partial charge in [0.2, 0.25) is 0 Å². The molecule has 1 rings (SSSR count). The summed E-state index contributed by atoms with van der Waals surface area (Å²) < 4.78 is 0. The molecule has 72 valence electrons. The fraction of sp³-hybridized carbons (Fsp3) is 0.500. The normalized spacial score (nSPS) is 12.8. The van der Waals surface area contributed by atoms with Gasteiger partial charge in [-0.15, -0.1) is 0 Å². The van der Waals surface area contributed by atoms with Gasteiger partial charge in [0, 0.05) is 19.0 Å². The summed E-state index contributed by atoms with van der Waals surface area (Å²) >= 11 is 0. The Bertz CT molecular complexity index is 259. The highest BCUT2D eigenvalue weighted by Gasteiger charge is 2.07. The average Bonchev–Trinajstić information content (AvgIpc) is 2.17. The summed E-state index contributed by atoms with van der Waals surface area (Å²) in [5, 5.41) is 8.98. The summed E-state index contributed by atoms with van der Waals surface area (Å²) in [6, 6.07) is 1.97. The monoisotopic (exact) mass is 180 g/mol. The van der Waals surface area contributed by atoms with Gasteiger partial charge in [-0.1, -0.05) is 0 Å². The van der Waals surface area contributed by atoms with Gasteiger partial charge in [0.05, 0.1) is 0 Å². The van der Waals surface area contributed by atoms with E-state index < -0.39 is 0 Å². The second-order valence-corrected chi connectivity index (χ2v) is 3.29. The quantitative estimate of drug-likeness (QED) is 0.709. The van der Waals surface area contributed by atoms with E-state index in [4.69, 9.17) is 10.8 Å². The van der Waals surface area contributed by atoms with E-state index in [9.17, 15) is 0 Å². The van der Waals surface area contributed by atoms with Crippen LogP contribution in [0.1, 0.15) is 11.1 Å². The van der Waals surface area contributed by atoms with Crippen LogP contribution in [0.15, 0.2) is 18.5 Å². The van der Waals surface area contributed by atoms with Crippen molar-refractivity contribution in [1.82, 2.24) is 4.98 Å². The van der Waals surface area contributed by atoms with Crippen molar-refractivity contribution in [2.75, 3.05) is 13.2 Å². The minimum Gasteiger partial charge on any atom is -0.396 e. The smallest absolute Gasteiger partial charge is 0.0474 e. The van der Waals surface area contributed by atoms with Gasteiger partial charge in [0.1, 0.15) is 0 Å². The molecular weight excluding hydrogens is 164 g/mol. The van der Waals surface area contributed by atoms with E-state index in [0.29, 0.717) is 6.54 Å². The number of nitrogens with zero attached hydrogens (tertiary/aromatic N) is 1. The van der Waals surface area contributed by atoms with Crippen molar-refractivity contribution in [2.24, 2.45) is 11.7 Å². The Kier molecular flexibility index (Phi) is 3.86. The first-order valence-electron chi connectivity index (χ1n) is 4.48. The predicted octanol–water partition coefficient (Wildman–Crippen LogP) is 0.500. The molecule has 0 aromatic carbocycles. The molecule has 1 unspecified atom stereocenters. The highest BCUT2D eigenvalue weighted by atomic mass is 16.3. The van der Waals surface area contributed by atoms with Crippen molar-refractivity contribution in [3.8, 4) is 0 Å². The molecule has 1 heterocycles. The molecule has 0 spiro atoms. The first-order chi connectivity index (χ1) is 6.27. The van der Waals surface area contributed by atoms with E-state index in [1.165, 1.54) is 11.1 Å². The van der Waals surface area contributed by atoms with E-state index in [1.54, 1.807) is 6.20 Å². The fourth-order valence-corrected chi connectivity index (χ4v) is 1.24. The Morgan fingerprint density at radius 3 is 2.92 bits per heavy atom. The first-order valence-corrected chi connectivity index (χ1v) is 4.48. The van der Waals surface area contributed by atoms with Gasteiger partial charge in [-0.3, -0.25) is 4.98 Å². The lowest BCUT2D eigenvalue weighted by atomic mass is 9.99. The van der Waals surface area contributed by atoms with Crippen molar-refractivity contribution >= 4 is 0 Å². The number of pyridine rings is 1. The van der Waals surface area contributed by atoms with Crippen molar-refractivity contribution in [3.63, 3.8) is 0 Å². The topological polar surface area (TPSA) is 59.1 Å². The van der Waals surface area contributed by atoms with Gasteiger partial charge >= 0.3 is 0 Å². The minimum absolute atomic E-state index is 0.144. The molecule has 1 aromatic heterocycles. The van der Waals surface area contributed by atoms with Crippen LogP contribution in [0.4, 0.5) is 0 Å². The van der Waals surface area contributed by atoms with E-state index in [2.05, 4.69) is 4.98 Å². The molecule has 0 aliphatic heterocycles. The lowest BCUT2D eigenvalue weighted by Gasteiger charge is -2.12. The summed E-state index contributed by atoms with van der Waals surface area (Å²) in [5.74, 6) is 0.155. The summed E-state index contributed by atoms with van der Waals surface area (Å²) in [6.45, 7) is 2.71. The number of aromatic nitrogens is 1. The van der Waals surface area contributed by atoms with E-state index in [-0.39, 0.29) is 12.5 Å². The molecule has 0 saturated carbocycles. The third-order valence-corrected chi connectivity index (χ3v) is 2.25. The van der Waals surface area contributed by atoms with Crippen molar-refractivity contribution < 1.29 is 5.11 Å². The largest absolute Gasteiger partial charge is 0.396 e. The number of hydrogen-bond donors (Lipinski definition) is 2. The standard InChI is InChI=1S/C10H16N2O/c1-8-2-3-12-6-10(8)4-9(5-11)7-13/h2-3,6,9,13H,4-5,7,11H2,1H3. The average molecular weight is 180 g/mol. The molecule has 0 aliphatic carbocycles. The Hall–Kier alpha value is -0.930. The molecule has 3 nitrogen and oxygen atoms in total. The second kappa shape index (κ2) is 4.94. The Morgan fingerprint density at radius 1 is 1.62 bits per heavy atom. The second-order valence-electron chi connectivity index (χ2n) is 3.29. The highest BCUT2D eigenvalue weighted by molar-refractivity contribution is 5.21. The molecule has 0 bridgehead atoms. The maximum atomic E-state index is 8.98. The zero-order chi connectivity index (χ0) is 9.68. The zero-order valence-corrected chi connectivity index (χ0v) is 7.90. The van der Waals surface area contributed by atoms with Gasteiger partial charge in [-0.05, 0) is 43.0 Å². The van der Waals surface area contributed by atoms with Crippen molar-refractivity contribution in [3.05, 3.63) is 29.6 Å². The first kappa shape index (κ1) is 10.2. The molecule has 0 radical (unpaired) electrons. The molecule has 0 fully saturated rings. The van der Waals surface area contributed by atoms with Crippen LogP contribution < -0.4 is 5.73 Å². The van der Waals surface area contributed by atoms with Gasteiger partial charge in [0.15, 0.2) is 0 Å². The molecule has 0 aliphatic rings. The summed E-state index contributed by atoms with van der Waals surface area (Å²) in [4.78, 5) is 4.04. The third-order valence-electron chi connectivity index (χ3n) is 2.25. The maximum absolute atomic E-state index is 8.98. The molecule has 0 saturated heterocycles. The third kappa shape index (κ3) is 2.79. The number of hydrogen-bond acceptors (Lipinski definition) is 3. The van der Waals surface area contributed by atoms with E-state index >= 15 is 0 Å². The van der Waals surface area contributed by atoms with Crippen LogP contribution in [0, 0.1) is 12.8 Å². The minimum atomic E-state index is 0.144. The molecule has 3 N–H and O–H groups in total. The van der Waals surface area contributed by atoms with Gasteiger partial charge in [-0.25, -0.2) is 0 Å². The number of aliphatic hydroxyl groups is 1. The van der Waals surface area contributed by atoms with Crippen LogP contribution in [-0.4, -0.2) is 23.2 Å². The highest BCUT2D eigenvalue weighted by Crippen LogP contribution is 2.10. The lowest BCUT2D eigenvalue weighted by Crippen LogP contribution is -2.20. The summed E-state index contributed by atoms with van der Waals surface area (Å²) in [7, 11) is 0. The molecule has 1 aromatic rings. The Labute approximate surface area is 78.6 Å². The van der Waals surface area contributed by atoms with Crippen LogP contribution in [0.3, 0.4) is 0 Å². The van der Waals surface area contributed by atoms with Crippen molar-refractivity contribution in [2.45, 2.75) is 13.3 Å². The summed E-state index contributed by atoms with van der Waals surface area (Å²) in [5.41, 5.74) is 7.88.